The lowest BCUT2D eigenvalue weighted by Gasteiger charge is -2.12. The molecule has 21 heavy (non-hydrogen) atoms. The minimum atomic E-state index is 0.811. The van der Waals surface area contributed by atoms with E-state index in [0.717, 1.165) is 41.1 Å². The van der Waals surface area contributed by atoms with Crippen molar-refractivity contribution in [3.63, 3.8) is 0 Å². The van der Waals surface area contributed by atoms with E-state index in [1.807, 2.05) is 0 Å². The molecule has 0 radical (unpaired) electrons. The molecule has 2 heterocycles. The van der Waals surface area contributed by atoms with Crippen LogP contribution >= 0.6 is 11.3 Å². The van der Waals surface area contributed by atoms with Crippen LogP contribution in [0, 0.1) is 13.8 Å². The van der Waals surface area contributed by atoms with Gasteiger partial charge in [0.15, 0.2) is 5.82 Å². The molecule has 0 fully saturated rings. The topological polar surface area (TPSA) is 37.8 Å². The number of nitrogens with zero attached hydrogens (tertiary/aromatic N) is 2. The largest absolute Gasteiger partial charge is 0.369 e. The lowest BCUT2D eigenvalue weighted by atomic mass is 10.1. The maximum Gasteiger partial charge on any atom is 0.163 e. The molecular weight excluding hydrogens is 278 g/mol. The third-order valence-electron chi connectivity index (χ3n) is 3.57. The zero-order chi connectivity index (χ0) is 14.8. The minimum Gasteiger partial charge on any atom is -0.369 e. The molecule has 1 N–H and O–H groups in total. The van der Waals surface area contributed by atoms with Crippen LogP contribution < -0.4 is 5.32 Å². The van der Waals surface area contributed by atoms with Crippen LogP contribution in [-0.2, 0) is 0 Å². The third kappa shape index (κ3) is 2.63. The first-order chi connectivity index (χ1) is 10.2. The van der Waals surface area contributed by atoms with Gasteiger partial charge in [-0.15, -0.1) is 0 Å². The second kappa shape index (κ2) is 5.82. The standard InChI is InChI=1S/C17H19N3S/c1-4-8-18-17-15-11(2)6-5-7-14(15)19-16(20-17)13-10-21-9-12(13)3/h5-7,9-10H,4,8H2,1-3H3,(H,18,19,20). The maximum atomic E-state index is 4.79. The van der Waals surface area contributed by atoms with E-state index in [0.29, 0.717) is 0 Å². The molecule has 0 saturated heterocycles. The Morgan fingerprint density at radius 1 is 1.10 bits per heavy atom. The van der Waals surface area contributed by atoms with E-state index in [1.54, 1.807) is 11.3 Å². The number of thiophene rings is 1. The molecule has 0 saturated carbocycles. The Hall–Kier alpha value is -1.94. The Morgan fingerprint density at radius 3 is 2.67 bits per heavy atom. The van der Waals surface area contributed by atoms with E-state index in [9.17, 15) is 0 Å². The highest BCUT2D eigenvalue weighted by Gasteiger charge is 2.12. The minimum absolute atomic E-state index is 0.811. The molecule has 0 bridgehead atoms. The number of aryl methyl sites for hydroxylation is 2. The van der Waals surface area contributed by atoms with Gasteiger partial charge in [-0.05, 0) is 42.8 Å². The number of anilines is 1. The van der Waals surface area contributed by atoms with Gasteiger partial charge < -0.3 is 5.32 Å². The molecule has 0 amide bonds. The summed E-state index contributed by atoms with van der Waals surface area (Å²) in [7, 11) is 0. The Bertz CT molecular complexity index is 777. The quantitative estimate of drug-likeness (QED) is 0.752. The zero-order valence-electron chi connectivity index (χ0n) is 12.6. The first-order valence-corrected chi connectivity index (χ1v) is 8.19. The smallest absolute Gasteiger partial charge is 0.163 e. The highest BCUT2D eigenvalue weighted by Crippen LogP contribution is 2.30. The molecule has 0 atom stereocenters. The molecule has 0 aliphatic heterocycles. The summed E-state index contributed by atoms with van der Waals surface area (Å²) in [6.45, 7) is 7.29. The molecule has 3 aromatic rings. The van der Waals surface area contributed by atoms with Crippen molar-refractivity contribution in [1.82, 2.24) is 9.97 Å². The lowest BCUT2D eigenvalue weighted by molar-refractivity contribution is 0.970. The molecule has 0 aliphatic rings. The maximum absolute atomic E-state index is 4.79. The van der Waals surface area contributed by atoms with Crippen molar-refractivity contribution in [1.29, 1.82) is 0 Å². The van der Waals surface area contributed by atoms with Gasteiger partial charge in [0.2, 0.25) is 0 Å². The van der Waals surface area contributed by atoms with Crippen LogP contribution in [0.25, 0.3) is 22.3 Å². The van der Waals surface area contributed by atoms with Crippen molar-refractivity contribution in [2.45, 2.75) is 27.2 Å². The molecule has 108 valence electrons. The van der Waals surface area contributed by atoms with Crippen molar-refractivity contribution < 1.29 is 0 Å². The third-order valence-corrected chi connectivity index (χ3v) is 4.43. The second-order valence-electron chi connectivity index (χ2n) is 5.26. The summed E-state index contributed by atoms with van der Waals surface area (Å²) < 4.78 is 0. The Balaban J connectivity index is 2.22. The molecule has 2 aromatic heterocycles. The lowest BCUT2D eigenvalue weighted by Crippen LogP contribution is -2.05. The van der Waals surface area contributed by atoms with Gasteiger partial charge in [0.1, 0.15) is 5.82 Å². The molecule has 3 nitrogen and oxygen atoms in total. The van der Waals surface area contributed by atoms with Crippen LogP contribution in [-0.4, -0.2) is 16.5 Å². The van der Waals surface area contributed by atoms with E-state index < -0.39 is 0 Å². The SMILES string of the molecule is CCCNc1nc(-c2cscc2C)nc2cccc(C)c12. The second-order valence-corrected chi connectivity index (χ2v) is 6.00. The first kappa shape index (κ1) is 14.0. The van der Waals surface area contributed by atoms with Crippen LogP contribution in [0.2, 0.25) is 0 Å². The zero-order valence-corrected chi connectivity index (χ0v) is 13.4. The summed E-state index contributed by atoms with van der Waals surface area (Å²) in [6.07, 6.45) is 1.07. The van der Waals surface area contributed by atoms with Crippen LogP contribution in [0.5, 0.6) is 0 Å². The van der Waals surface area contributed by atoms with Crippen LogP contribution in [0.15, 0.2) is 29.0 Å². The molecular formula is C17H19N3S. The van der Waals surface area contributed by atoms with Crippen molar-refractivity contribution in [2.24, 2.45) is 0 Å². The first-order valence-electron chi connectivity index (χ1n) is 7.25. The summed E-state index contributed by atoms with van der Waals surface area (Å²) in [5.41, 5.74) is 4.57. The number of nitrogens with one attached hydrogen (secondary N) is 1. The van der Waals surface area contributed by atoms with E-state index >= 15 is 0 Å². The van der Waals surface area contributed by atoms with Crippen molar-refractivity contribution in [3.05, 3.63) is 40.1 Å². The number of hydrogen-bond acceptors (Lipinski definition) is 4. The summed E-state index contributed by atoms with van der Waals surface area (Å²) in [4.78, 5) is 9.55. The highest BCUT2D eigenvalue weighted by molar-refractivity contribution is 7.08. The molecule has 0 spiro atoms. The van der Waals surface area contributed by atoms with Gasteiger partial charge in [0, 0.05) is 22.9 Å². The number of aromatic nitrogens is 2. The van der Waals surface area contributed by atoms with Crippen LogP contribution in [0.3, 0.4) is 0 Å². The molecule has 0 aliphatic carbocycles. The number of benzene rings is 1. The number of rotatable bonds is 4. The van der Waals surface area contributed by atoms with Crippen LogP contribution in [0.1, 0.15) is 24.5 Å². The summed E-state index contributed by atoms with van der Waals surface area (Å²) in [5.74, 6) is 1.76. The average Bonchev–Trinajstić information content (AvgIpc) is 2.90. The van der Waals surface area contributed by atoms with Gasteiger partial charge in [-0.2, -0.15) is 11.3 Å². The molecule has 1 aromatic carbocycles. The fourth-order valence-corrected chi connectivity index (χ4v) is 3.26. The predicted octanol–water partition coefficient (Wildman–Crippen LogP) is 4.80. The summed E-state index contributed by atoms with van der Waals surface area (Å²) in [6, 6.07) is 6.23. The van der Waals surface area contributed by atoms with Crippen LogP contribution in [0.4, 0.5) is 5.82 Å². The number of fused-ring (bicyclic) bond motifs is 1. The van der Waals surface area contributed by atoms with E-state index in [-0.39, 0.29) is 0 Å². The molecule has 3 rings (SSSR count). The van der Waals surface area contributed by atoms with E-state index in [4.69, 9.17) is 9.97 Å². The fraction of sp³-hybridized carbons (Fsp3) is 0.294. The Morgan fingerprint density at radius 2 is 1.95 bits per heavy atom. The fourth-order valence-electron chi connectivity index (χ4n) is 2.44. The number of hydrogen-bond donors (Lipinski definition) is 1. The molecule has 0 unspecified atom stereocenters. The van der Waals surface area contributed by atoms with Crippen molar-refractivity contribution in [3.8, 4) is 11.4 Å². The van der Waals surface area contributed by atoms with E-state index in [1.165, 1.54) is 11.1 Å². The van der Waals surface area contributed by atoms with E-state index in [2.05, 4.69) is 55.0 Å². The van der Waals surface area contributed by atoms with Gasteiger partial charge in [-0.1, -0.05) is 19.1 Å². The summed E-state index contributed by atoms with van der Waals surface area (Å²) >= 11 is 1.69. The Kier molecular flexibility index (Phi) is 3.88. The van der Waals surface area contributed by atoms with Gasteiger partial charge in [-0.3, -0.25) is 0 Å². The normalized spacial score (nSPS) is 11.0. The highest BCUT2D eigenvalue weighted by atomic mass is 32.1. The average molecular weight is 297 g/mol. The Labute approximate surface area is 129 Å². The van der Waals surface area contributed by atoms with Crippen molar-refractivity contribution in [2.75, 3.05) is 11.9 Å². The van der Waals surface area contributed by atoms with Gasteiger partial charge in [-0.25, -0.2) is 9.97 Å². The van der Waals surface area contributed by atoms with Gasteiger partial charge in [0.05, 0.1) is 5.52 Å². The molecule has 4 heteroatoms. The van der Waals surface area contributed by atoms with Gasteiger partial charge in [0.25, 0.3) is 0 Å². The summed E-state index contributed by atoms with van der Waals surface area (Å²) in [5, 5.41) is 8.84. The predicted molar refractivity (Wildman–Crippen MR) is 91.1 cm³/mol. The monoisotopic (exact) mass is 297 g/mol. The van der Waals surface area contributed by atoms with Gasteiger partial charge >= 0.3 is 0 Å². The van der Waals surface area contributed by atoms with Crippen molar-refractivity contribution >= 4 is 28.1 Å².